The Morgan fingerprint density at radius 2 is 2.04 bits per heavy atom. The van der Waals surface area contributed by atoms with Gasteiger partial charge in [-0.25, -0.2) is 22.7 Å². The highest BCUT2D eigenvalue weighted by Crippen LogP contribution is 2.32. The third kappa shape index (κ3) is 2.85. The highest BCUT2D eigenvalue weighted by Gasteiger charge is 2.33. The Bertz CT molecular complexity index is 747. The molecule has 0 aromatic carbocycles. The maximum atomic E-state index is 12.1. The molecule has 1 unspecified atom stereocenters. The number of hydrogen-bond acceptors (Lipinski definition) is 5. The summed E-state index contributed by atoms with van der Waals surface area (Å²) in [6.45, 7) is 4.54. The molecule has 8 heteroatoms. The maximum absolute atomic E-state index is 12.1. The molecule has 1 aromatic rings. The van der Waals surface area contributed by atoms with Gasteiger partial charge in [0.25, 0.3) is 0 Å². The van der Waals surface area contributed by atoms with E-state index in [2.05, 4.69) is 9.97 Å². The average molecular weight is 338 g/mol. The van der Waals surface area contributed by atoms with Crippen LogP contribution in [0.25, 0.3) is 0 Å². The van der Waals surface area contributed by atoms with Gasteiger partial charge in [-0.05, 0) is 26.7 Å². The molecule has 0 bridgehead atoms. The number of hydrogen-bond donors (Lipinski definition) is 0. The van der Waals surface area contributed by atoms with Gasteiger partial charge in [-0.2, -0.15) is 0 Å². The van der Waals surface area contributed by atoms with Gasteiger partial charge in [0, 0.05) is 37.3 Å². The summed E-state index contributed by atoms with van der Waals surface area (Å²) in [7, 11) is -1.47. The van der Waals surface area contributed by atoms with Crippen molar-refractivity contribution in [3.05, 3.63) is 17.1 Å². The zero-order chi connectivity index (χ0) is 16.8. The van der Waals surface area contributed by atoms with Crippen LogP contribution in [-0.4, -0.2) is 54.5 Å². The largest absolute Gasteiger partial charge is 0.299 e. The molecule has 1 fully saturated rings. The van der Waals surface area contributed by atoms with Gasteiger partial charge in [0.1, 0.15) is 11.6 Å². The summed E-state index contributed by atoms with van der Waals surface area (Å²) in [5, 5.41) is 0. The number of sulfonamides is 1. The normalized spacial score (nSPS) is 22.5. The molecule has 0 spiro atoms. The fourth-order valence-electron chi connectivity index (χ4n) is 3.25. The van der Waals surface area contributed by atoms with Crippen molar-refractivity contribution in [2.75, 3.05) is 30.8 Å². The fraction of sp³-hybridized carbons (Fsp3) is 0.667. The second-order valence-corrected chi connectivity index (χ2v) is 8.45. The summed E-state index contributed by atoms with van der Waals surface area (Å²) in [6, 6.07) is 0. The molecule has 2 aliphatic heterocycles. The molecule has 126 valence electrons. The summed E-state index contributed by atoms with van der Waals surface area (Å²) in [5.41, 5.74) is 1.70. The van der Waals surface area contributed by atoms with Gasteiger partial charge in [-0.3, -0.25) is 9.69 Å². The first-order valence-corrected chi connectivity index (χ1v) is 9.56. The number of piperidine rings is 1. The van der Waals surface area contributed by atoms with E-state index in [1.807, 2.05) is 6.92 Å². The minimum atomic E-state index is -3.19. The van der Waals surface area contributed by atoms with Crippen LogP contribution in [0.3, 0.4) is 0 Å². The third-order valence-electron chi connectivity index (χ3n) is 4.74. The molecule has 1 atom stereocenters. The van der Waals surface area contributed by atoms with E-state index in [1.54, 1.807) is 23.2 Å². The Morgan fingerprint density at radius 1 is 1.30 bits per heavy atom. The Labute approximate surface area is 136 Å². The number of carbonyl (C=O) groups excluding carboxylic acids is 1. The molecule has 1 saturated heterocycles. The predicted octanol–water partition coefficient (Wildman–Crippen LogP) is 0.833. The molecule has 3 rings (SSSR count). The number of likely N-dealkylation sites (N-methyl/N-ethyl adjacent to an activating group) is 1. The molecular formula is C15H22N4O3S. The number of aryl methyl sites for hydroxylation is 1. The molecule has 0 radical (unpaired) electrons. The predicted molar refractivity (Wildman–Crippen MR) is 86.9 cm³/mol. The molecular weight excluding hydrogens is 316 g/mol. The van der Waals surface area contributed by atoms with E-state index in [-0.39, 0.29) is 17.6 Å². The van der Waals surface area contributed by atoms with Crippen LogP contribution in [0.4, 0.5) is 5.82 Å². The first kappa shape index (κ1) is 16.3. The van der Waals surface area contributed by atoms with Crippen LogP contribution in [0.2, 0.25) is 0 Å². The highest BCUT2D eigenvalue weighted by atomic mass is 32.2. The standard InChI is InChI=1S/C15H22N4O3S/c1-4-23(21,22)19-7-5-6-11(9-19)14-16-10(2)12-8-13(20)18(3)15(12)17-14/h11H,4-9H2,1-3H3. The lowest BCUT2D eigenvalue weighted by Crippen LogP contribution is -2.40. The second-order valence-electron chi connectivity index (χ2n) is 6.20. The first-order chi connectivity index (χ1) is 10.8. The SMILES string of the molecule is CCS(=O)(=O)N1CCCC(c2nc(C)c3c(n2)N(C)C(=O)C3)C1. The van der Waals surface area contributed by atoms with Crippen LogP contribution in [0.15, 0.2) is 0 Å². The summed E-state index contributed by atoms with van der Waals surface area (Å²) in [4.78, 5) is 22.6. The lowest BCUT2D eigenvalue weighted by molar-refractivity contribution is -0.117. The van der Waals surface area contributed by atoms with Gasteiger partial charge in [-0.1, -0.05) is 0 Å². The van der Waals surface area contributed by atoms with Crippen LogP contribution in [-0.2, 0) is 21.2 Å². The van der Waals surface area contributed by atoms with E-state index in [0.717, 1.165) is 24.1 Å². The minimum Gasteiger partial charge on any atom is -0.299 e. The quantitative estimate of drug-likeness (QED) is 0.815. The fourth-order valence-corrected chi connectivity index (χ4v) is 4.42. The number of fused-ring (bicyclic) bond motifs is 1. The van der Waals surface area contributed by atoms with E-state index in [9.17, 15) is 13.2 Å². The van der Waals surface area contributed by atoms with Crippen molar-refractivity contribution < 1.29 is 13.2 Å². The third-order valence-corrected chi connectivity index (χ3v) is 6.58. The number of rotatable bonds is 3. The maximum Gasteiger partial charge on any atom is 0.232 e. The Kier molecular flexibility index (Phi) is 4.14. The summed E-state index contributed by atoms with van der Waals surface area (Å²) in [6.07, 6.45) is 2.02. The molecule has 3 heterocycles. The van der Waals surface area contributed by atoms with Gasteiger partial charge < -0.3 is 0 Å². The Morgan fingerprint density at radius 3 is 2.74 bits per heavy atom. The molecule has 23 heavy (non-hydrogen) atoms. The molecule has 7 nitrogen and oxygen atoms in total. The van der Waals surface area contributed by atoms with Crippen molar-refractivity contribution >= 4 is 21.7 Å². The number of nitrogens with zero attached hydrogens (tertiary/aromatic N) is 4. The van der Waals surface area contributed by atoms with Crippen molar-refractivity contribution in [2.24, 2.45) is 0 Å². The van der Waals surface area contributed by atoms with Gasteiger partial charge in [-0.15, -0.1) is 0 Å². The lowest BCUT2D eigenvalue weighted by Gasteiger charge is -2.31. The van der Waals surface area contributed by atoms with Crippen molar-refractivity contribution in [3.63, 3.8) is 0 Å². The number of aromatic nitrogens is 2. The molecule has 1 aromatic heterocycles. The lowest BCUT2D eigenvalue weighted by atomic mass is 9.98. The number of carbonyl (C=O) groups is 1. The molecule has 0 aliphatic carbocycles. The molecule has 0 saturated carbocycles. The van der Waals surface area contributed by atoms with Crippen LogP contribution >= 0.6 is 0 Å². The molecule has 1 amide bonds. The zero-order valence-electron chi connectivity index (χ0n) is 13.7. The van der Waals surface area contributed by atoms with E-state index in [1.165, 1.54) is 0 Å². The topological polar surface area (TPSA) is 83.5 Å². The van der Waals surface area contributed by atoms with E-state index in [4.69, 9.17) is 0 Å². The zero-order valence-corrected chi connectivity index (χ0v) is 14.6. The number of amides is 1. The van der Waals surface area contributed by atoms with Crippen LogP contribution in [0, 0.1) is 6.92 Å². The first-order valence-electron chi connectivity index (χ1n) is 7.95. The van der Waals surface area contributed by atoms with Gasteiger partial charge in [0.05, 0.1) is 12.2 Å². The summed E-state index contributed by atoms with van der Waals surface area (Å²) >= 11 is 0. The van der Waals surface area contributed by atoms with Crippen molar-refractivity contribution in [2.45, 2.75) is 39.0 Å². The van der Waals surface area contributed by atoms with Crippen molar-refractivity contribution in [3.8, 4) is 0 Å². The van der Waals surface area contributed by atoms with Crippen LogP contribution in [0.1, 0.15) is 42.8 Å². The molecule has 0 N–H and O–H groups in total. The van der Waals surface area contributed by atoms with Gasteiger partial charge in [0.15, 0.2) is 0 Å². The van der Waals surface area contributed by atoms with E-state index < -0.39 is 10.0 Å². The highest BCUT2D eigenvalue weighted by molar-refractivity contribution is 7.89. The smallest absolute Gasteiger partial charge is 0.232 e. The van der Waals surface area contributed by atoms with E-state index in [0.29, 0.717) is 31.2 Å². The monoisotopic (exact) mass is 338 g/mol. The second kappa shape index (κ2) is 5.83. The van der Waals surface area contributed by atoms with Gasteiger partial charge in [0.2, 0.25) is 15.9 Å². The number of anilines is 1. The molecule has 2 aliphatic rings. The Hall–Kier alpha value is -1.54. The van der Waals surface area contributed by atoms with Crippen LogP contribution < -0.4 is 4.90 Å². The van der Waals surface area contributed by atoms with Gasteiger partial charge >= 0.3 is 0 Å². The Balaban J connectivity index is 1.91. The average Bonchev–Trinajstić information content (AvgIpc) is 2.83. The summed E-state index contributed by atoms with van der Waals surface area (Å²) in [5.74, 6) is 1.44. The minimum absolute atomic E-state index is 0.0156. The van der Waals surface area contributed by atoms with Crippen LogP contribution in [0.5, 0.6) is 0 Å². The van der Waals surface area contributed by atoms with E-state index >= 15 is 0 Å². The van der Waals surface area contributed by atoms with Crippen molar-refractivity contribution in [1.29, 1.82) is 0 Å². The summed E-state index contributed by atoms with van der Waals surface area (Å²) < 4.78 is 25.8. The van der Waals surface area contributed by atoms with Crippen molar-refractivity contribution in [1.82, 2.24) is 14.3 Å².